The SMILES string of the molecule is O=C(CCCSCC(Cc1cccc(C(=O)O)c1)C(=O)O)NO. The van der Waals surface area contributed by atoms with E-state index < -0.39 is 23.8 Å². The summed E-state index contributed by atoms with van der Waals surface area (Å²) in [6.07, 6.45) is 0.973. The van der Waals surface area contributed by atoms with Crippen LogP contribution in [0.5, 0.6) is 0 Å². The Morgan fingerprint density at radius 1 is 1.22 bits per heavy atom. The lowest BCUT2D eigenvalue weighted by Gasteiger charge is -2.12. The highest BCUT2D eigenvalue weighted by Gasteiger charge is 2.18. The van der Waals surface area contributed by atoms with E-state index in [-0.39, 0.29) is 18.4 Å². The van der Waals surface area contributed by atoms with Gasteiger partial charge in [0.25, 0.3) is 0 Å². The number of carboxylic acid groups (broad SMARTS) is 2. The summed E-state index contributed by atoms with van der Waals surface area (Å²) in [6.45, 7) is 0. The summed E-state index contributed by atoms with van der Waals surface area (Å²) in [5.74, 6) is -2.11. The average Bonchev–Trinajstić information content (AvgIpc) is 2.53. The Labute approximate surface area is 137 Å². The minimum atomic E-state index is -1.05. The number of hydrogen-bond acceptors (Lipinski definition) is 5. The minimum Gasteiger partial charge on any atom is -0.481 e. The Morgan fingerprint density at radius 3 is 2.57 bits per heavy atom. The Kier molecular flexibility index (Phi) is 8.14. The highest BCUT2D eigenvalue weighted by atomic mass is 32.2. The fraction of sp³-hybridized carbons (Fsp3) is 0.400. The number of rotatable bonds is 10. The lowest BCUT2D eigenvalue weighted by Crippen LogP contribution is -2.20. The third-order valence-corrected chi connectivity index (χ3v) is 4.36. The van der Waals surface area contributed by atoms with Crippen LogP contribution < -0.4 is 5.48 Å². The van der Waals surface area contributed by atoms with E-state index in [0.717, 1.165) is 0 Å². The third-order valence-electron chi connectivity index (χ3n) is 3.14. The quantitative estimate of drug-likeness (QED) is 0.290. The predicted octanol–water partition coefficient (Wildman–Crippen LogP) is 1.65. The van der Waals surface area contributed by atoms with Crippen LogP contribution in [0.4, 0.5) is 0 Å². The van der Waals surface area contributed by atoms with Crippen LogP contribution in [0, 0.1) is 5.92 Å². The van der Waals surface area contributed by atoms with E-state index in [4.69, 9.17) is 10.3 Å². The number of carbonyl (C=O) groups is 3. The molecule has 0 radical (unpaired) electrons. The Balaban J connectivity index is 2.49. The number of hydroxylamine groups is 1. The maximum Gasteiger partial charge on any atom is 0.335 e. The molecule has 0 saturated carbocycles. The van der Waals surface area contributed by atoms with E-state index in [1.54, 1.807) is 12.1 Å². The second-order valence-electron chi connectivity index (χ2n) is 4.96. The summed E-state index contributed by atoms with van der Waals surface area (Å²) >= 11 is 1.41. The predicted molar refractivity (Wildman–Crippen MR) is 84.7 cm³/mol. The van der Waals surface area contributed by atoms with Crippen molar-refractivity contribution in [2.45, 2.75) is 19.3 Å². The second kappa shape index (κ2) is 9.86. The largest absolute Gasteiger partial charge is 0.481 e. The van der Waals surface area contributed by atoms with Gasteiger partial charge in [-0.1, -0.05) is 12.1 Å². The molecule has 0 fully saturated rings. The van der Waals surface area contributed by atoms with Crippen LogP contribution in [0.25, 0.3) is 0 Å². The molecule has 1 unspecified atom stereocenters. The molecule has 0 saturated heterocycles. The normalized spacial score (nSPS) is 11.7. The summed E-state index contributed by atoms with van der Waals surface area (Å²) in [4.78, 5) is 33.1. The van der Waals surface area contributed by atoms with Crippen molar-refractivity contribution >= 4 is 29.6 Å². The maximum absolute atomic E-state index is 11.3. The number of hydrogen-bond donors (Lipinski definition) is 4. The van der Waals surface area contributed by atoms with Crippen LogP contribution in [-0.4, -0.2) is 44.8 Å². The Morgan fingerprint density at radius 2 is 1.96 bits per heavy atom. The molecule has 23 heavy (non-hydrogen) atoms. The molecule has 0 bridgehead atoms. The Hall–Kier alpha value is -2.06. The zero-order valence-electron chi connectivity index (χ0n) is 12.4. The fourth-order valence-corrected chi connectivity index (χ4v) is 3.01. The van der Waals surface area contributed by atoms with Crippen LogP contribution in [0.1, 0.15) is 28.8 Å². The summed E-state index contributed by atoms with van der Waals surface area (Å²) in [6, 6.07) is 6.24. The van der Waals surface area contributed by atoms with Gasteiger partial charge >= 0.3 is 11.9 Å². The molecule has 1 rings (SSSR count). The summed E-state index contributed by atoms with van der Waals surface area (Å²) in [5.41, 5.74) is 2.34. The molecule has 0 aliphatic rings. The first-order chi connectivity index (χ1) is 10.9. The molecule has 126 valence electrons. The van der Waals surface area contributed by atoms with E-state index >= 15 is 0 Å². The van der Waals surface area contributed by atoms with Crippen molar-refractivity contribution in [1.29, 1.82) is 0 Å². The summed E-state index contributed by atoms with van der Waals surface area (Å²) in [5, 5.41) is 26.6. The van der Waals surface area contributed by atoms with Gasteiger partial charge in [-0.25, -0.2) is 10.3 Å². The first kappa shape index (κ1) is 19.0. The number of thioether (sulfide) groups is 1. The van der Waals surface area contributed by atoms with Gasteiger partial charge in [-0.3, -0.25) is 14.8 Å². The number of benzene rings is 1. The van der Waals surface area contributed by atoms with Crippen molar-refractivity contribution in [2.24, 2.45) is 5.92 Å². The smallest absolute Gasteiger partial charge is 0.335 e. The van der Waals surface area contributed by atoms with Gasteiger partial charge in [-0.05, 0) is 36.3 Å². The molecule has 8 heteroatoms. The van der Waals surface area contributed by atoms with Crippen molar-refractivity contribution in [2.75, 3.05) is 11.5 Å². The van der Waals surface area contributed by atoms with Crippen molar-refractivity contribution in [1.82, 2.24) is 5.48 Å². The monoisotopic (exact) mass is 341 g/mol. The number of aliphatic carboxylic acids is 1. The van der Waals surface area contributed by atoms with E-state index in [0.29, 0.717) is 23.5 Å². The van der Waals surface area contributed by atoms with Crippen molar-refractivity contribution < 1.29 is 29.8 Å². The van der Waals surface area contributed by atoms with Crippen molar-refractivity contribution in [3.8, 4) is 0 Å². The standard InChI is InChI=1S/C15H19NO6S/c17-13(16-22)5-2-6-23-9-12(15(20)21)8-10-3-1-4-11(7-10)14(18)19/h1,3-4,7,12,22H,2,5-6,8-9H2,(H,16,17)(H,18,19)(H,20,21). The molecule has 0 aliphatic carbocycles. The molecule has 0 aliphatic heterocycles. The molecule has 0 aromatic heterocycles. The van der Waals surface area contributed by atoms with Crippen LogP contribution in [0.3, 0.4) is 0 Å². The number of carboxylic acids is 2. The van der Waals surface area contributed by atoms with E-state index in [2.05, 4.69) is 0 Å². The molecule has 7 nitrogen and oxygen atoms in total. The zero-order chi connectivity index (χ0) is 17.2. The number of amides is 1. The van der Waals surface area contributed by atoms with Gasteiger partial charge in [0.05, 0.1) is 11.5 Å². The van der Waals surface area contributed by atoms with Crippen molar-refractivity contribution in [3.63, 3.8) is 0 Å². The van der Waals surface area contributed by atoms with Gasteiger partial charge in [0.1, 0.15) is 0 Å². The van der Waals surface area contributed by atoms with E-state index in [9.17, 15) is 19.5 Å². The first-order valence-corrected chi connectivity index (χ1v) is 8.15. The lowest BCUT2D eigenvalue weighted by atomic mass is 9.99. The second-order valence-corrected chi connectivity index (χ2v) is 6.11. The van der Waals surface area contributed by atoms with Crippen LogP contribution in [0.2, 0.25) is 0 Å². The van der Waals surface area contributed by atoms with Gasteiger partial charge in [0.2, 0.25) is 5.91 Å². The van der Waals surface area contributed by atoms with Crippen LogP contribution in [-0.2, 0) is 16.0 Å². The summed E-state index contributed by atoms with van der Waals surface area (Å²) in [7, 11) is 0. The highest BCUT2D eigenvalue weighted by molar-refractivity contribution is 7.99. The zero-order valence-corrected chi connectivity index (χ0v) is 13.2. The van der Waals surface area contributed by atoms with E-state index in [1.807, 2.05) is 0 Å². The maximum atomic E-state index is 11.3. The fourth-order valence-electron chi connectivity index (χ4n) is 1.95. The molecule has 0 spiro atoms. The van der Waals surface area contributed by atoms with Gasteiger partial charge in [-0.15, -0.1) is 0 Å². The molecular weight excluding hydrogens is 322 g/mol. The minimum absolute atomic E-state index is 0.134. The average molecular weight is 341 g/mol. The number of nitrogens with one attached hydrogen (secondary N) is 1. The number of aromatic carboxylic acids is 1. The molecule has 0 heterocycles. The van der Waals surface area contributed by atoms with Gasteiger partial charge < -0.3 is 10.2 Å². The molecule has 4 N–H and O–H groups in total. The van der Waals surface area contributed by atoms with E-state index in [1.165, 1.54) is 29.4 Å². The van der Waals surface area contributed by atoms with Crippen molar-refractivity contribution in [3.05, 3.63) is 35.4 Å². The molecule has 1 aromatic rings. The molecule has 1 atom stereocenters. The topological polar surface area (TPSA) is 124 Å². The highest BCUT2D eigenvalue weighted by Crippen LogP contribution is 2.17. The molecule has 1 amide bonds. The number of carbonyl (C=O) groups excluding carboxylic acids is 1. The first-order valence-electron chi connectivity index (χ1n) is 6.99. The molecule has 1 aromatic carbocycles. The summed E-state index contributed by atoms with van der Waals surface area (Å²) < 4.78 is 0. The van der Waals surface area contributed by atoms with Crippen LogP contribution in [0.15, 0.2) is 24.3 Å². The van der Waals surface area contributed by atoms with Gasteiger partial charge in [-0.2, -0.15) is 11.8 Å². The Bertz CT molecular complexity index is 563. The third kappa shape index (κ3) is 7.16. The molecular formula is C15H19NO6S. The lowest BCUT2D eigenvalue weighted by molar-refractivity contribution is -0.140. The van der Waals surface area contributed by atoms with Gasteiger partial charge in [0, 0.05) is 12.2 Å². The van der Waals surface area contributed by atoms with Crippen LogP contribution >= 0.6 is 11.8 Å². The van der Waals surface area contributed by atoms with Gasteiger partial charge in [0.15, 0.2) is 0 Å².